The van der Waals surface area contributed by atoms with Crippen molar-refractivity contribution < 1.29 is 23.9 Å². The van der Waals surface area contributed by atoms with E-state index in [1.807, 2.05) is 6.92 Å². The van der Waals surface area contributed by atoms with E-state index in [4.69, 9.17) is 4.74 Å². The largest absolute Gasteiger partial charge is 0.466 e. The molecule has 9 nitrogen and oxygen atoms in total. The number of benzene rings is 1. The number of hydrogen-bond acceptors (Lipinski definition) is 6. The normalized spacial score (nSPS) is 16.5. The third kappa shape index (κ3) is 6.84. The number of carbonyl (C=O) groups excluding carboxylic acids is 4. The summed E-state index contributed by atoms with van der Waals surface area (Å²) in [5.41, 5.74) is 1.07. The van der Waals surface area contributed by atoms with Gasteiger partial charge in [-0.1, -0.05) is 13.3 Å². The number of carbonyl (C=O) groups is 4. The molecule has 1 atom stereocenters. The monoisotopic (exact) mass is 418 g/mol. The highest BCUT2D eigenvalue weighted by molar-refractivity contribution is 5.96. The minimum absolute atomic E-state index is 0.0291. The summed E-state index contributed by atoms with van der Waals surface area (Å²) in [4.78, 5) is 51.8. The Morgan fingerprint density at radius 1 is 1.23 bits per heavy atom. The molecule has 2 N–H and O–H groups in total. The predicted octanol–water partition coefficient (Wildman–Crippen LogP) is 0.861. The van der Waals surface area contributed by atoms with Crippen molar-refractivity contribution in [3.05, 3.63) is 29.8 Å². The van der Waals surface area contributed by atoms with E-state index >= 15 is 0 Å². The molecular formula is C21H30N4O5. The molecule has 0 saturated carbocycles. The molecule has 30 heavy (non-hydrogen) atoms. The van der Waals surface area contributed by atoms with E-state index in [9.17, 15) is 19.2 Å². The van der Waals surface area contributed by atoms with Gasteiger partial charge < -0.3 is 20.3 Å². The summed E-state index contributed by atoms with van der Waals surface area (Å²) in [7, 11) is 3.34. The van der Waals surface area contributed by atoms with Crippen LogP contribution in [0.25, 0.3) is 0 Å². The van der Waals surface area contributed by atoms with Crippen LogP contribution < -0.4 is 10.6 Å². The summed E-state index contributed by atoms with van der Waals surface area (Å²) in [6.45, 7) is 3.17. The first-order valence-corrected chi connectivity index (χ1v) is 10.1. The summed E-state index contributed by atoms with van der Waals surface area (Å²) >= 11 is 0. The fraction of sp³-hybridized carbons (Fsp3) is 0.524. The van der Waals surface area contributed by atoms with Crippen LogP contribution in [0, 0.1) is 0 Å². The van der Waals surface area contributed by atoms with Gasteiger partial charge in [0, 0.05) is 38.4 Å². The summed E-state index contributed by atoms with van der Waals surface area (Å²) in [5, 5.41) is 5.49. The molecule has 9 heteroatoms. The van der Waals surface area contributed by atoms with Gasteiger partial charge in [-0.05, 0) is 30.7 Å². The zero-order valence-corrected chi connectivity index (χ0v) is 17.8. The molecule has 0 bridgehead atoms. The molecule has 1 aliphatic heterocycles. The first kappa shape index (κ1) is 23.3. The van der Waals surface area contributed by atoms with Crippen LogP contribution in [-0.4, -0.2) is 79.9 Å². The SMILES string of the molecule is CCCCOC(=O)CC1C(=O)NCCN1CC(=O)Nc1ccc(C(=O)N(C)C)cc1. The zero-order valence-electron chi connectivity index (χ0n) is 17.8. The van der Waals surface area contributed by atoms with Crippen LogP contribution in [0.1, 0.15) is 36.5 Å². The Bertz CT molecular complexity index is 763. The number of rotatable bonds is 9. The van der Waals surface area contributed by atoms with Gasteiger partial charge >= 0.3 is 5.97 Å². The van der Waals surface area contributed by atoms with Crippen LogP contribution in [0.15, 0.2) is 24.3 Å². The van der Waals surface area contributed by atoms with Crippen molar-refractivity contribution in [3.8, 4) is 0 Å². The average molecular weight is 418 g/mol. The fourth-order valence-electron chi connectivity index (χ4n) is 3.06. The van der Waals surface area contributed by atoms with Gasteiger partial charge in [-0.3, -0.25) is 24.1 Å². The van der Waals surface area contributed by atoms with Crippen molar-refractivity contribution in [2.24, 2.45) is 0 Å². The summed E-state index contributed by atoms with van der Waals surface area (Å²) in [5.74, 6) is -1.16. The van der Waals surface area contributed by atoms with E-state index in [-0.39, 0.29) is 30.7 Å². The number of amides is 3. The van der Waals surface area contributed by atoms with Gasteiger partial charge in [0.2, 0.25) is 11.8 Å². The molecule has 1 aromatic carbocycles. The number of piperazine rings is 1. The second-order valence-corrected chi connectivity index (χ2v) is 7.38. The maximum absolute atomic E-state index is 12.5. The van der Waals surface area contributed by atoms with Crippen LogP contribution in [0.2, 0.25) is 0 Å². The summed E-state index contributed by atoms with van der Waals surface area (Å²) in [6, 6.07) is 5.85. The first-order valence-electron chi connectivity index (χ1n) is 10.1. The second kappa shape index (κ2) is 11.3. The molecule has 1 aliphatic rings. The van der Waals surface area contributed by atoms with Gasteiger partial charge in [-0.2, -0.15) is 0 Å². The molecule has 1 unspecified atom stereocenters. The molecule has 1 saturated heterocycles. The van der Waals surface area contributed by atoms with E-state index in [1.165, 1.54) is 4.90 Å². The molecular weight excluding hydrogens is 388 g/mol. The average Bonchev–Trinajstić information content (AvgIpc) is 2.70. The highest BCUT2D eigenvalue weighted by Crippen LogP contribution is 2.13. The number of esters is 1. The molecule has 0 aliphatic carbocycles. The number of unbranched alkanes of at least 4 members (excludes halogenated alkanes) is 1. The second-order valence-electron chi connectivity index (χ2n) is 7.38. The van der Waals surface area contributed by atoms with Gasteiger partial charge in [0.15, 0.2) is 0 Å². The van der Waals surface area contributed by atoms with Crippen LogP contribution in [-0.2, 0) is 19.1 Å². The third-order valence-electron chi connectivity index (χ3n) is 4.73. The lowest BCUT2D eigenvalue weighted by atomic mass is 10.1. The number of hydrogen-bond donors (Lipinski definition) is 2. The molecule has 1 heterocycles. The standard InChI is InChI=1S/C21H30N4O5/c1-4-5-12-30-19(27)13-17-20(28)22-10-11-25(17)14-18(26)23-16-8-6-15(7-9-16)21(29)24(2)3/h6-9,17H,4-5,10-14H2,1-3H3,(H,22,28)(H,23,26). The van der Waals surface area contributed by atoms with Crippen molar-refractivity contribution in [2.75, 3.05) is 45.7 Å². The van der Waals surface area contributed by atoms with Crippen LogP contribution in [0.5, 0.6) is 0 Å². The number of ether oxygens (including phenoxy) is 1. The topological polar surface area (TPSA) is 108 Å². The van der Waals surface area contributed by atoms with Crippen molar-refractivity contribution in [3.63, 3.8) is 0 Å². The smallest absolute Gasteiger partial charge is 0.307 e. The van der Waals surface area contributed by atoms with Crippen molar-refractivity contribution >= 4 is 29.4 Å². The lowest BCUT2D eigenvalue weighted by Crippen LogP contribution is -2.57. The van der Waals surface area contributed by atoms with E-state index in [2.05, 4.69) is 10.6 Å². The predicted molar refractivity (Wildman–Crippen MR) is 112 cm³/mol. The van der Waals surface area contributed by atoms with Gasteiger partial charge in [0.1, 0.15) is 6.04 Å². The minimum Gasteiger partial charge on any atom is -0.466 e. The molecule has 0 aromatic heterocycles. The molecule has 2 rings (SSSR count). The third-order valence-corrected chi connectivity index (χ3v) is 4.73. The molecule has 1 fully saturated rings. The zero-order chi connectivity index (χ0) is 22.1. The maximum atomic E-state index is 12.5. The van der Waals surface area contributed by atoms with Crippen LogP contribution in [0.3, 0.4) is 0 Å². The fourth-order valence-corrected chi connectivity index (χ4v) is 3.06. The van der Waals surface area contributed by atoms with Gasteiger partial charge in [-0.25, -0.2) is 0 Å². The van der Waals surface area contributed by atoms with E-state index in [0.717, 1.165) is 12.8 Å². The number of nitrogens with zero attached hydrogens (tertiary/aromatic N) is 2. The van der Waals surface area contributed by atoms with E-state index in [1.54, 1.807) is 43.3 Å². The Morgan fingerprint density at radius 2 is 1.93 bits per heavy atom. The quantitative estimate of drug-likeness (QED) is 0.455. The number of nitrogens with one attached hydrogen (secondary N) is 2. The lowest BCUT2D eigenvalue weighted by molar-refractivity contribution is -0.149. The Hall–Kier alpha value is -2.94. The summed E-state index contributed by atoms with van der Waals surface area (Å²) < 4.78 is 5.15. The molecule has 164 valence electrons. The minimum atomic E-state index is -0.737. The Labute approximate surface area is 176 Å². The van der Waals surface area contributed by atoms with E-state index in [0.29, 0.717) is 30.9 Å². The Balaban J connectivity index is 1.93. The van der Waals surface area contributed by atoms with Crippen LogP contribution >= 0.6 is 0 Å². The Morgan fingerprint density at radius 3 is 2.57 bits per heavy atom. The van der Waals surface area contributed by atoms with Gasteiger partial charge in [0.05, 0.1) is 19.6 Å². The van der Waals surface area contributed by atoms with Crippen LogP contribution in [0.4, 0.5) is 5.69 Å². The van der Waals surface area contributed by atoms with Crippen molar-refractivity contribution in [2.45, 2.75) is 32.2 Å². The van der Waals surface area contributed by atoms with Gasteiger partial charge in [-0.15, -0.1) is 0 Å². The van der Waals surface area contributed by atoms with Crippen molar-refractivity contribution in [1.82, 2.24) is 15.1 Å². The van der Waals surface area contributed by atoms with Gasteiger partial charge in [0.25, 0.3) is 5.91 Å². The molecule has 0 spiro atoms. The van der Waals surface area contributed by atoms with E-state index < -0.39 is 12.0 Å². The molecule has 1 aromatic rings. The molecule has 0 radical (unpaired) electrons. The lowest BCUT2D eigenvalue weighted by Gasteiger charge is -2.33. The maximum Gasteiger partial charge on any atom is 0.307 e. The first-order chi connectivity index (χ1) is 14.3. The Kier molecular flexibility index (Phi) is 8.79. The highest BCUT2D eigenvalue weighted by atomic mass is 16.5. The highest BCUT2D eigenvalue weighted by Gasteiger charge is 2.33. The van der Waals surface area contributed by atoms with Crippen molar-refractivity contribution in [1.29, 1.82) is 0 Å². The molecule has 3 amide bonds. The number of anilines is 1. The summed E-state index contributed by atoms with van der Waals surface area (Å²) in [6.07, 6.45) is 1.59.